The normalized spacial score (nSPS) is 10.6. The average Bonchev–Trinajstić information content (AvgIpc) is 3.20. The van der Waals surface area contributed by atoms with Crippen molar-refractivity contribution in [3.05, 3.63) is 0 Å². The lowest BCUT2D eigenvalue weighted by molar-refractivity contribution is -0.150. The lowest BCUT2D eigenvalue weighted by Gasteiger charge is -2.01. The van der Waals surface area contributed by atoms with Gasteiger partial charge in [-0.15, -0.1) is 0 Å². The minimum Gasteiger partial charge on any atom is -0.481 e. The zero-order chi connectivity index (χ0) is 56.9. The first-order chi connectivity index (χ1) is 31.1. The van der Waals surface area contributed by atoms with Crippen molar-refractivity contribution < 1.29 is 153 Å². The highest BCUT2D eigenvalue weighted by atomic mass is 16.4. The molecule has 0 aliphatic heterocycles. The van der Waals surface area contributed by atoms with Crippen LogP contribution in [0.5, 0.6) is 0 Å². The molecule has 35 heteroatoms. The summed E-state index contributed by atoms with van der Waals surface area (Å²) in [5.74, 6) is -19.9. The minimum atomic E-state index is -1.58. The van der Waals surface area contributed by atoms with Crippen LogP contribution in [0.25, 0.3) is 0 Å². The third-order valence-electron chi connectivity index (χ3n) is 5.54. The van der Waals surface area contributed by atoms with Gasteiger partial charge in [-0.05, 0) is 19.8 Å². The zero-order valence-electron chi connectivity index (χ0n) is 36.1. The number of Topliss-reactive ketones (excluding diaryl/α,β-unsaturated/α-hetero) is 3. The van der Waals surface area contributed by atoms with Crippen molar-refractivity contribution in [3.8, 4) is 0 Å². The maximum absolute atomic E-state index is 10.2. The molecule has 0 aromatic heterocycles. The largest absolute Gasteiger partial charge is 0.481 e. The van der Waals surface area contributed by atoms with Crippen LogP contribution in [0.15, 0.2) is 0 Å². The monoisotopic (exact) mass is 1010 g/mol. The third kappa shape index (κ3) is 83.6. The van der Waals surface area contributed by atoms with Gasteiger partial charge in [-0.3, -0.25) is 67.1 Å². The standard InChI is InChI=1S/2C5H9NO4.2C5H6O5.C4H7NO4.C4H6O4.C3H7NO2.C3H4O3/c4*6-3(5(9)10)1-2-4(7)8;5-2(4(8)9)1-3(6)7;5-3(6)1-2-4(7)8;2*1-2(4)3(5)6/h2*3H,1-2,6H2,(H,7,8)(H,9,10);2*1-2H2,(H,7,8)(H,9,10);2H,1,5H2,(H,6,7)(H,8,9);1-2H2,(H,5,6)(H,7,8);2H,4H2,1H3,(H,5,6);1H3,(H,5,6). The SMILES string of the molecule is CC(=O)C(=O)O.CC(N)C(=O)O.NC(CC(=O)O)C(=O)O.NC(CCC(=O)O)C(=O)O.NC(CCC(=O)O)C(=O)O.O=C(O)CCC(=O)C(=O)O.O=C(O)CCC(=O)C(=O)O.O=C(O)CCC(=O)O. The first-order valence-corrected chi connectivity index (χ1v) is 17.8. The van der Waals surface area contributed by atoms with Gasteiger partial charge in [0.2, 0.25) is 17.3 Å². The molecule has 0 aliphatic rings. The topological polar surface area (TPSA) is 677 Å². The van der Waals surface area contributed by atoms with Crippen molar-refractivity contribution in [2.45, 2.75) is 109 Å². The Labute approximate surface area is 385 Å². The van der Waals surface area contributed by atoms with E-state index in [1.54, 1.807) is 0 Å². The van der Waals surface area contributed by atoms with Crippen molar-refractivity contribution in [2.24, 2.45) is 22.9 Å². The first kappa shape index (κ1) is 77.6. The van der Waals surface area contributed by atoms with E-state index in [2.05, 4.69) is 0 Å². The molecule has 396 valence electrons. The smallest absolute Gasteiger partial charge is 0.372 e. The Morgan fingerprint density at radius 2 is 0.522 bits per heavy atom. The summed E-state index contributed by atoms with van der Waals surface area (Å²) in [4.78, 5) is 167. The molecule has 4 unspecified atom stereocenters. The Morgan fingerprint density at radius 3 is 0.638 bits per heavy atom. The highest BCUT2D eigenvalue weighted by molar-refractivity contribution is 6.33. The average molecular weight is 1010 g/mol. The number of rotatable bonds is 24. The van der Waals surface area contributed by atoms with Crippen LogP contribution in [0.3, 0.4) is 0 Å². The van der Waals surface area contributed by atoms with Crippen molar-refractivity contribution in [1.29, 1.82) is 0 Å². The Hall–Kier alpha value is -8.57. The van der Waals surface area contributed by atoms with Crippen LogP contribution in [-0.4, -0.2) is 197 Å². The number of aliphatic carboxylic acids is 14. The first-order valence-electron chi connectivity index (χ1n) is 17.8. The number of carbonyl (C=O) groups excluding carboxylic acids is 3. The van der Waals surface area contributed by atoms with E-state index in [0.717, 1.165) is 6.92 Å². The molecule has 0 heterocycles. The lowest BCUT2D eigenvalue weighted by atomic mass is 10.2. The predicted octanol–water partition coefficient (Wildman–Crippen LogP) is -4.58. The zero-order valence-corrected chi connectivity index (χ0v) is 36.1. The van der Waals surface area contributed by atoms with E-state index in [1.165, 1.54) is 6.92 Å². The van der Waals surface area contributed by atoms with E-state index >= 15 is 0 Å². The highest BCUT2D eigenvalue weighted by Gasteiger charge is 2.16. The second-order valence-electron chi connectivity index (χ2n) is 11.8. The van der Waals surface area contributed by atoms with E-state index in [4.69, 9.17) is 94.4 Å². The molecular formula is C34H54N4O31. The van der Waals surface area contributed by atoms with Gasteiger partial charge in [0.25, 0.3) is 0 Å². The molecule has 35 nitrogen and oxygen atoms in total. The molecule has 0 aromatic rings. The lowest BCUT2D eigenvalue weighted by Crippen LogP contribution is -2.32. The number of carboxylic acid groups (broad SMARTS) is 14. The number of carboxylic acids is 14. The van der Waals surface area contributed by atoms with Crippen LogP contribution >= 0.6 is 0 Å². The summed E-state index contributed by atoms with van der Waals surface area (Å²) in [5.41, 5.74) is 19.7. The molecule has 0 aliphatic carbocycles. The van der Waals surface area contributed by atoms with Gasteiger partial charge in [0.1, 0.15) is 24.2 Å². The van der Waals surface area contributed by atoms with Crippen LogP contribution < -0.4 is 22.9 Å². The summed E-state index contributed by atoms with van der Waals surface area (Å²) in [6.45, 7) is 2.42. The maximum Gasteiger partial charge on any atom is 0.372 e. The highest BCUT2D eigenvalue weighted by Crippen LogP contribution is 1.95. The molecule has 0 saturated heterocycles. The number of ketones is 3. The van der Waals surface area contributed by atoms with Gasteiger partial charge in [-0.2, -0.15) is 0 Å². The molecule has 69 heavy (non-hydrogen) atoms. The molecule has 22 N–H and O–H groups in total. The molecule has 0 saturated carbocycles. The van der Waals surface area contributed by atoms with E-state index in [1.807, 2.05) is 0 Å². The molecule has 0 radical (unpaired) electrons. The van der Waals surface area contributed by atoms with E-state index < -0.39 is 157 Å². The third-order valence-corrected chi connectivity index (χ3v) is 5.54. The maximum atomic E-state index is 10.2. The predicted molar refractivity (Wildman–Crippen MR) is 216 cm³/mol. The molecule has 0 spiro atoms. The minimum absolute atomic E-state index is 0.0231. The number of hydrogen-bond acceptors (Lipinski definition) is 21. The van der Waals surface area contributed by atoms with Gasteiger partial charge in [-0.25, -0.2) is 14.4 Å². The van der Waals surface area contributed by atoms with Crippen LogP contribution in [0, 0.1) is 0 Å². The van der Waals surface area contributed by atoms with Crippen molar-refractivity contribution in [2.75, 3.05) is 0 Å². The summed E-state index contributed by atoms with van der Waals surface area (Å²) < 4.78 is 0. The van der Waals surface area contributed by atoms with Gasteiger partial charge < -0.3 is 94.4 Å². The van der Waals surface area contributed by atoms with Crippen molar-refractivity contribution in [1.82, 2.24) is 0 Å². The fourth-order valence-electron chi connectivity index (χ4n) is 1.95. The Kier molecular flexibility index (Phi) is 53.3. The van der Waals surface area contributed by atoms with E-state index in [0.29, 0.717) is 0 Å². The van der Waals surface area contributed by atoms with Gasteiger partial charge in [0, 0.05) is 32.6 Å². The second-order valence-corrected chi connectivity index (χ2v) is 11.8. The van der Waals surface area contributed by atoms with Gasteiger partial charge in [0.15, 0.2) is 0 Å². The molecule has 0 fully saturated rings. The Balaban J connectivity index is -0.000000103. The second kappa shape index (κ2) is 47.4. The summed E-state index contributed by atoms with van der Waals surface area (Å²) in [6.07, 6.45) is -3.30. The van der Waals surface area contributed by atoms with Gasteiger partial charge in [-0.1, -0.05) is 0 Å². The quantitative estimate of drug-likeness (QED) is 0.0405. The summed E-state index contributed by atoms with van der Waals surface area (Å²) in [6, 6.07) is -4.14. The fraction of sp³-hybridized carbons (Fsp3) is 0.500. The van der Waals surface area contributed by atoms with E-state index in [-0.39, 0.29) is 38.5 Å². The van der Waals surface area contributed by atoms with Crippen LogP contribution in [0.1, 0.15) is 84.5 Å². The molecule has 0 amide bonds. The Morgan fingerprint density at radius 1 is 0.319 bits per heavy atom. The van der Waals surface area contributed by atoms with Crippen LogP contribution in [-0.2, 0) is 81.5 Å². The van der Waals surface area contributed by atoms with Crippen LogP contribution in [0.2, 0.25) is 0 Å². The van der Waals surface area contributed by atoms with Crippen molar-refractivity contribution >= 4 is 101 Å². The number of hydrogen-bond donors (Lipinski definition) is 18. The van der Waals surface area contributed by atoms with Gasteiger partial charge in [0.05, 0.1) is 32.1 Å². The van der Waals surface area contributed by atoms with Gasteiger partial charge >= 0.3 is 83.6 Å². The molecule has 0 bridgehead atoms. The molecule has 4 atom stereocenters. The van der Waals surface area contributed by atoms with E-state index in [9.17, 15) is 81.5 Å². The number of nitrogens with two attached hydrogens (primary N) is 4. The fourth-order valence-corrected chi connectivity index (χ4v) is 1.95. The summed E-state index contributed by atoms with van der Waals surface area (Å²) in [7, 11) is 0. The van der Waals surface area contributed by atoms with Crippen LogP contribution in [0.4, 0.5) is 0 Å². The summed E-state index contributed by atoms with van der Waals surface area (Å²) in [5, 5.41) is 112. The molecule has 0 rings (SSSR count). The van der Waals surface area contributed by atoms with Crippen molar-refractivity contribution in [3.63, 3.8) is 0 Å². The number of carbonyl (C=O) groups is 17. The summed E-state index contributed by atoms with van der Waals surface area (Å²) >= 11 is 0. The molecular weight excluding hydrogens is 960 g/mol. The Bertz CT molecular complexity index is 1660. The molecule has 0 aromatic carbocycles.